The van der Waals surface area contributed by atoms with Crippen LogP contribution in [0.4, 0.5) is 5.69 Å². The molecule has 1 heterocycles. The SMILES string of the molecule is COc1ccccc1-c1nc(-c2ccccc2)nc(C)c1[N+](=O)[O-]. The monoisotopic (exact) mass is 321 g/mol. The van der Waals surface area contributed by atoms with E-state index in [0.717, 1.165) is 5.56 Å². The van der Waals surface area contributed by atoms with Gasteiger partial charge in [-0.15, -0.1) is 0 Å². The Bertz CT molecular complexity index is 895. The molecule has 3 rings (SSSR count). The molecule has 0 atom stereocenters. The largest absolute Gasteiger partial charge is 0.496 e. The van der Waals surface area contributed by atoms with Gasteiger partial charge in [-0.05, 0) is 19.1 Å². The molecule has 0 fully saturated rings. The van der Waals surface area contributed by atoms with Crippen LogP contribution in [0, 0.1) is 17.0 Å². The maximum absolute atomic E-state index is 11.5. The number of nitrogens with zero attached hydrogens (tertiary/aromatic N) is 3. The number of methoxy groups -OCH3 is 1. The van der Waals surface area contributed by atoms with Gasteiger partial charge in [-0.3, -0.25) is 10.1 Å². The smallest absolute Gasteiger partial charge is 0.316 e. The van der Waals surface area contributed by atoms with Gasteiger partial charge in [0.25, 0.3) is 0 Å². The van der Waals surface area contributed by atoms with Crippen LogP contribution in [0.1, 0.15) is 5.69 Å². The molecule has 0 spiro atoms. The summed E-state index contributed by atoms with van der Waals surface area (Å²) in [6.45, 7) is 1.62. The fourth-order valence-electron chi connectivity index (χ4n) is 2.53. The average molecular weight is 321 g/mol. The summed E-state index contributed by atoms with van der Waals surface area (Å²) in [6, 6.07) is 16.5. The molecule has 120 valence electrons. The highest BCUT2D eigenvalue weighted by atomic mass is 16.6. The molecular weight excluding hydrogens is 306 g/mol. The fourth-order valence-corrected chi connectivity index (χ4v) is 2.53. The van der Waals surface area contributed by atoms with Gasteiger partial charge >= 0.3 is 5.69 Å². The van der Waals surface area contributed by atoms with Crippen molar-refractivity contribution >= 4 is 5.69 Å². The molecule has 2 aromatic carbocycles. The molecular formula is C18H15N3O3. The lowest BCUT2D eigenvalue weighted by Crippen LogP contribution is -2.03. The third-order valence-electron chi connectivity index (χ3n) is 3.63. The molecule has 1 aromatic heterocycles. The Morgan fingerprint density at radius 2 is 1.67 bits per heavy atom. The number of benzene rings is 2. The zero-order valence-corrected chi connectivity index (χ0v) is 13.3. The zero-order chi connectivity index (χ0) is 17.1. The zero-order valence-electron chi connectivity index (χ0n) is 13.3. The van der Waals surface area contributed by atoms with Crippen molar-refractivity contribution in [2.24, 2.45) is 0 Å². The van der Waals surface area contributed by atoms with E-state index in [-0.39, 0.29) is 11.4 Å². The Labute approximate surface area is 138 Å². The number of para-hydroxylation sites is 1. The van der Waals surface area contributed by atoms with Gasteiger partial charge in [0.05, 0.1) is 12.0 Å². The molecule has 0 aliphatic rings. The molecule has 6 heteroatoms. The first-order valence-corrected chi connectivity index (χ1v) is 7.33. The van der Waals surface area contributed by atoms with Crippen molar-refractivity contribution in [3.05, 3.63) is 70.4 Å². The molecule has 3 aromatic rings. The average Bonchev–Trinajstić information content (AvgIpc) is 2.61. The van der Waals surface area contributed by atoms with Crippen molar-refractivity contribution in [1.29, 1.82) is 0 Å². The molecule has 0 saturated heterocycles. The van der Waals surface area contributed by atoms with Crippen LogP contribution < -0.4 is 4.74 Å². The summed E-state index contributed by atoms with van der Waals surface area (Å²) in [5, 5.41) is 11.5. The molecule has 0 unspecified atom stereocenters. The van der Waals surface area contributed by atoms with Crippen LogP contribution in [-0.4, -0.2) is 22.0 Å². The van der Waals surface area contributed by atoms with Gasteiger partial charge in [-0.25, -0.2) is 9.97 Å². The molecule has 0 aliphatic heterocycles. The Morgan fingerprint density at radius 3 is 2.33 bits per heavy atom. The van der Waals surface area contributed by atoms with Gasteiger partial charge < -0.3 is 4.74 Å². The first kappa shape index (κ1) is 15.6. The van der Waals surface area contributed by atoms with Crippen molar-refractivity contribution in [2.75, 3.05) is 7.11 Å². The van der Waals surface area contributed by atoms with E-state index in [2.05, 4.69) is 9.97 Å². The number of aryl methyl sites for hydroxylation is 1. The molecule has 0 radical (unpaired) electrons. The van der Waals surface area contributed by atoms with Gasteiger partial charge in [-0.1, -0.05) is 42.5 Å². The summed E-state index contributed by atoms with van der Waals surface area (Å²) in [6.07, 6.45) is 0. The standard InChI is InChI=1S/C18H15N3O3/c1-12-17(21(22)23)16(14-10-6-7-11-15(14)24-2)20-18(19-12)13-8-4-3-5-9-13/h3-11H,1-2H3. The van der Waals surface area contributed by atoms with Gasteiger partial charge in [0.1, 0.15) is 11.4 Å². The quantitative estimate of drug-likeness (QED) is 0.535. The van der Waals surface area contributed by atoms with Gasteiger partial charge in [0, 0.05) is 11.1 Å². The lowest BCUT2D eigenvalue weighted by atomic mass is 10.1. The van der Waals surface area contributed by atoms with Crippen LogP contribution >= 0.6 is 0 Å². The number of rotatable bonds is 4. The minimum absolute atomic E-state index is 0.112. The molecule has 0 N–H and O–H groups in total. The topological polar surface area (TPSA) is 78.2 Å². The predicted molar refractivity (Wildman–Crippen MR) is 90.8 cm³/mol. The first-order valence-electron chi connectivity index (χ1n) is 7.33. The van der Waals surface area contributed by atoms with Crippen molar-refractivity contribution < 1.29 is 9.66 Å². The molecule has 24 heavy (non-hydrogen) atoms. The normalized spacial score (nSPS) is 10.4. The third kappa shape index (κ3) is 2.81. The lowest BCUT2D eigenvalue weighted by molar-refractivity contribution is -0.385. The number of ether oxygens (including phenoxy) is 1. The molecule has 0 amide bonds. The Kier molecular flexibility index (Phi) is 4.20. The van der Waals surface area contributed by atoms with E-state index in [1.54, 1.807) is 31.2 Å². The number of aromatic nitrogens is 2. The second-order valence-electron chi connectivity index (χ2n) is 5.15. The Balaban J connectivity index is 2.30. The Morgan fingerprint density at radius 1 is 1.00 bits per heavy atom. The Hall–Kier alpha value is -3.28. The second kappa shape index (κ2) is 6.45. The van der Waals surface area contributed by atoms with Crippen molar-refractivity contribution in [3.63, 3.8) is 0 Å². The minimum Gasteiger partial charge on any atom is -0.496 e. The van der Waals surface area contributed by atoms with Crippen LogP contribution in [0.3, 0.4) is 0 Å². The van der Waals surface area contributed by atoms with Crippen LogP contribution in [-0.2, 0) is 0 Å². The maximum Gasteiger partial charge on any atom is 0.316 e. The second-order valence-corrected chi connectivity index (χ2v) is 5.15. The van der Waals surface area contributed by atoms with E-state index in [4.69, 9.17) is 4.74 Å². The minimum atomic E-state index is -0.453. The van der Waals surface area contributed by atoms with E-state index in [9.17, 15) is 10.1 Å². The van der Waals surface area contributed by atoms with E-state index < -0.39 is 4.92 Å². The number of hydrogen-bond donors (Lipinski definition) is 0. The van der Waals surface area contributed by atoms with Gasteiger partial charge in [0.2, 0.25) is 0 Å². The molecule has 0 saturated carbocycles. The summed E-state index contributed by atoms with van der Waals surface area (Å²) >= 11 is 0. The van der Waals surface area contributed by atoms with Crippen LogP contribution in [0.15, 0.2) is 54.6 Å². The summed E-state index contributed by atoms with van der Waals surface area (Å²) in [4.78, 5) is 19.9. The van der Waals surface area contributed by atoms with Crippen LogP contribution in [0.25, 0.3) is 22.6 Å². The van der Waals surface area contributed by atoms with Gasteiger partial charge in [0.15, 0.2) is 11.5 Å². The highest BCUT2D eigenvalue weighted by molar-refractivity contribution is 5.77. The van der Waals surface area contributed by atoms with Crippen LogP contribution in [0.2, 0.25) is 0 Å². The number of nitro groups is 1. The summed E-state index contributed by atoms with van der Waals surface area (Å²) in [5.41, 5.74) is 1.82. The third-order valence-corrected chi connectivity index (χ3v) is 3.63. The van der Waals surface area contributed by atoms with Crippen LogP contribution in [0.5, 0.6) is 5.75 Å². The first-order chi connectivity index (χ1) is 11.6. The van der Waals surface area contributed by atoms with E-state index in [1.165, 1.54) is 7.11 Å². The maximum atomic E-state index is 11.5. The van der Waals surface area contributed by atoms with Gasteiger partial charge in [-0.2, -0.15) is 0 Å². The van der Waals surface area contributed by atoms with E-state index in [1.807, 2.05) is 30.3 Å². The van der Waals surface area contributed by atoms with E-state index >= 15 is 0 Å². The molecule has 0 aliphatic carbocycles. The van der Waals surface area contributed by atoms with Crippen molar-refractivity contribution in [1.82, 2.24) is 9.97 Å². The molecule has 6 nitrogen and oxygen atoms in total. The lowest BCUT2D eigenvalue weighted by Gasteiger charge is -2.11. The summed E-state index contributed by atoms with van der Waals surface area (Å²) < 4.78 is 5.34. The summed E-state index contributed by atoms with van der Waals surface area (Å²) in [5.74, 6) is 0.970. The fraction of sp³-hybridized carbons (Fsp3) is 0.111. The number of hydrogen-bond acceptors (Lipinski definition) is 5. The van der Waals surface area contributed by atoms with E-state index in [0.29, 0.717) is 22.8 Å². The molecule has 0 bridgehead atoms. The van der Waals surface area contributed by atoms with Crippen molar-refractivity contribution in [3.8, 4) is 28.4 Å². The summed E-state index contributed by atoms with van der Waals surface area (Å²) in [7, 11) is 1.52. The van der Waals surface area contributed by atoms with Crippen molar-refractivity contribution in [2.45, 2.75) is 6.92 Å². The highest BCUT2D eigenvalue weighted by Crippen LogP contribution is 2.37. The highest BCUT2D eigenvalue weighted by Gasteiger charge is 2.25. The predicted octanol–water partition coefficient (Wildman–Crippen LogP) is 4.04.